The molecule has 20 heavy (non-hydrogen) atoms. The van der Waals surface area contributed by atoms with Crippen LogP contribution in [0.5, 0.6) is 0 Å². The van der Waals surface area contributed by atoms with E-state index in [4.69, 9.17) is 0 Å². The maximum absolute atomic E-state index is 4.50. The van der Waals surface area contributed by atoms with Crippen molar-refractivity contribution in [2.45, 2.75) is 33.1 Å². The molecule has 0 saturated carbocycles. The van der Waals surface area contributed by atoms with Crippen LogP contribution in [-0.4, -0.2) is 16.1 Å². The summed E-state index contributed by atoms with van der Waals surface area (Å²) in [4.78, 5) is 4.50. The van der Waals surface area contributed by atoms with Crippen molar-refractivity contribution in [1.29, 1.82) is 0 Å². The topological polar surface area (TPSA) is 29.9 Å². The van der Waals surface area contributed by atoms with E-state index in [1.54, 1.807) is 0 Å². The molecule has 1 aromatic carbocycles. The van der Waals surface area contributed by atoms with Gasteiger partial charge >= 0.3 is 0 Å². The lowest BCUT2D eigenvalue weighted by Crippen LogP contribution is -2.11. The maximum atomic E-state index is 4.50. The smallest absolute Gasteiger partial charge is 0.207 e. The SMILES string of the molecule is C=CCNc1nc(C)cn1-c1ccc(C(C)(C)C)cc1. The Labute approximate surface area is 121 Å². The van der Waals surface area contributed by atoms with Gasteiger partial charge in [-0.3, -0.25) is 4.57 Å². The molecule has 106 valence electrons. The van der Waals surface area contributed by atoms with Crippen LogP contribution in [0.25, 0.3) is 5.69 Å². The summed E-state index contributed by atoms with van der Waals surface area (Å²) >= 11 is 0. The van der Waals surface area contributed by atoms with E-state index in [0.717, 1.165) is 17.3 Å². The highest BCUT2D eigenvalue weighted by molar-refractivity contribution is 5.45. The number of aromatic nitrogens is 2. The average molecular weight is 269 g/mol. The predicted molar refractivity (Wildman–Crippen MR) is 85.7 cm³/mol. The molecule has 0 spiro atoms. The molecule has 2 aromatic rings. The second-order valence-electron chi connectivity index (χ2n) is 6.04. The van der Waals surface area contributed by atoms with Crippen LogP contribution < -0.4 is 5.32 Å². The highest BCUT2D eigenvalue weighted by Crippen LogP contribution is 2.24. The quantitative estimate of drug-likeness (QED) is 0.848. The molecule has 1 aromatic heterocycles. The van der Waals surface area contributed by atoms with Gasteiger partial charge in [0.25, 0.3) is 0 Å². The number of benzene rings is 1. The molecule has 3 heteroatoms. The minimum absolute atomic E-state index is 0.174. The number of nitrogens with zero attached hydrogens (tertiary/aromatic N) is 2. The van der Waals surface area contributed by atoms with E-state index in [1.807, 2.05) is 19.2 Å². The summed E-state index contributed by atoms with van der Waals surface area (Å²) < 4.78 is 2.07. The third kappa shape index (κ3) is 3.10. The standard InChI is InChI=1S/C17H23N3/c1-6-11-18-16-19-13(2)12-20(16)15-9-7-14(8-10-15)17(3,4)5/h6-10,12H,1,11H2,2-5H3,(H,18,19). The van der Waals surface area contributed by atoms with Crippen LogP contribution in [0.2, 0.25) is 0 Å². The summed E-state index contributed by atoms with van der Waals surface area (Å²) in [7, 11) is 0. The number of nitrogens with one attached hydrogen (secondary N) is 1. The molecule has 2 rings (SSSR count). The van der Waals surface area contributed by atoms with E-state index in [-0.39, 0.29) is 5.41 Å². The predicted octanol–water partition coefficient (Wildman–Crippen LogP) is 4.08. The van der Waals surface area contributed by atoms with Crippen LogP contribution in [-0.2, 0) is 5.41 Å². The van der Waals surface area contributed by atoms with Crippen molar-refractivity contribution < 1.29 is 0 Å². The Bertz CT molecular complexity index is 586. The molecule has 0 aliphatic heterocycles. The molecule has 3 nitrogen and oxygen atoms in total. The maximum Gasteiger partial charge on any atom is 0.207 e. The van der Waals surface area contributed by atoms with Gasteiger partial charge < -0.3 is 5.32 Å². The van der Waals surface area contributed by atoms with Crippen molar-refractivity contribution in [2.75, 3.05) is 11.9 Å². The summed E-state index contributed by atoms with van der Waals surface area (Å²) in [6, 6.07) is 8.64. The molecule has 0 amide bonds. The third-order valence-electron chi connectivity index (χ3n) is 3.24. The van der Waals surface area contributed by atoms with E-state index in [1.165, 1.54) is 5.56 Å². The van der Waals surface area contributed by atoms with Gasteiger partial charge in [0.05, 0.1) is 5.69 Å². The Morgan fingerprint density at radius 3 is 2.45 bits per heavy atom. The fraction of sp³-hybridized carbons (Fsp3) is 0.353. The molecule has 0 saturated heterocycles. The zero-order chi connectivity index (χ0) is 14.8. The molecule has 0 fully saturated rings. The van der Waals surface area contributed by atoms with Crippen molar-refractivity contribution in [3.05, 3.63) is 54.4 Å². The molecule has 0 aliphatic rings. The van der Waals surface area contributed by atoms with E-state index in [0.29, 0.717) is 6.54 Å². The monoisotopic (exact) mass is 269 g/mol. The van der Waals surface area contributed by atoms with Crippen LogP contribution in [0.15, 0.2) is 43.1 Å². The van der Waals surface area contributed by atoms with Crippen LogP contribution in [0.1, 0.15) is 32.0 Å². The van der Waals surface area contributed by atoms with Gasteiger partial charge in [-0.1, -0.05) is 39.0 Å². The molecule has 0 atom stereocenters. The first-order valence-corrected chi connectivity index (χ1v) is 6.93. The lowest BCUT2D eigenvalue weighted by Gasteiger charge is -2.19. The first-order chi connectivity index (χ1) is 9.41. The number of imidazole rings is 1. The average Bonchev–Trinajstić information content (AvgIpc) is 2.76. The molecule has 0 unspecified atom stereocenters. The normalized spacial score (nSPS) is 11.4. The molecular weight excluding hydrogens is 246 g/mol. The van der Waals surface area contributed by atoms with Gasteiger partial charge in [0.2, 0.25) is 5.95 Å². The first-order valence-electron chi connectivity index (χ1n) is 6.93. The van der Waals surface area contributed by atoms with Gasteiger partial charge in [-0.2, -0.15) is 0 Å². The zero-order valence-corrected chi connectivity index (χ0v) is 12.8. The first kappa shape index (κ1) is 14.4. The Balaban J connectivity index is 2.34. The van der Waals surface area contributed by atoms with Gasteiger partial charge in [-0.25, -0.2) is 4.98 Å². The summed E-state index contributed by atoms with van der Waals surface area (Å²) in [6.07, 6.45) is 3.87. The lowest BCUT2D eigenvalue weighted by molar-refractivity contribution is 0.590. The van der Waals surface area contributed by atoms with Crippen molar-refractivity contribution >= 4 is 5.95 Å². The molecule has 0 radical (unpaired) electrons. The second kappa shape index (κ2) is 5.53. The van der Waals surface area contributed by atoms with E-state index >= 15 is 0 Å². The minimum Gasteiger partial charge on any atom is -0.352 e. The fourth-order valence-electron chi connectivity index (χ4n) is 2.10. The number of rotatable bonds is 4. The summed E-state index contributed by atoms with van der Waals surface area (Å²) in [5.41, 5.74) is 3.62. The van der Waals surface area contributed by atoms with Crippen molar-refractivity contribution in [1.82, 2.24) is 9.55 Å². The Hall–Kier alpha value is -2.03. The van der Waals surface area contributed by atoms with Crippen LogP contribution >= 0.6 is 0 Å². The number of hydrogen-bond acceptors (Lipinski definition) is 2. The van der Waals surface area contributed by atoms with Crippen LogP contribution in [0.3, 0.4) is 0 Å². The van der Waals surface area contributed by atoms with Crippen LogP contribution in [0, 0.1) is 6.92 Å². The van der Waals surface area contributed by atoms with Gasteiger partial charge in [0.15, 0.2) is 0 Å². The Morgan fingerprint density at radius 2 is 1.90 bits per heavy atom. The van der Waals surface area contributed by atoms with Crippen LogP contribution in [0.4, 0.5) is 5.95 Å². The Kier molecular flexibility index (Phi) is 3.98. The summed E-state index contributed by atoms with van der Waals surface area (Å²) in [5.74, 6) is 0.853. The largest absolute Gasteiger partial charge is 0.352 e. The minimum atomic E-state index is 0.174. The molecular formula is C17H23N3. The zero-order valence-electron chi connectivity index (χ0n) is 12.8. The van der Waals surface area contributed by atoms with Crippen molar-refractivity contribution in [3.8, 4) is 5.69 Å². The van der Waals surface area contributed by atoms with E-state index in [9.17, 15) is 0 Å². The fourth-order valence-corrected chi connectivity index (χ4v) is 2.10. The van der Waals surface area contributed by atoms with E-state index in [2.05, 4.69) is 66.5 Å². The molecule has 0 bridgehead atoms. The highest BCUT2D eigenvalue weighted by atomic mass is 15.2. The third-order valence-corrected chi connectivity index (χ3v) is 3.24. The van der Waals surface area contributed by atoms with Gasteiger partial charge in [0.1, 0.15) is 0 Å². The number of hydrogen-bond donors (Lipinski definition) is 1. The Morgan fingerprint density at radius 1 is 1.25 bits per heavy atom. The van der Waals surface area contributed by atoms with Gasteiger partial charge in [0, 0.05) is 18.4 Å². The number of aryl methyl sites for hydroxylation is 1. The molecule has 0 aliphatic carbocycles. The van der Waals surface area contributed by atoms with Gasteiger partial charge in [-0.05, 0) is 30.0 Å². The van der Waals surface area contributed by atoms with Gasteiger partial charge in [-0.15, -0.1) is 6.58 Å². The summed E-state index contributed by atoms with van der Waals surface area (Å²) in [6.45, 7) is 13.1. The highest BCUT2D eigenvalue weighted by Gasteiger charge is 2.14. The second-order valence-corrected chi connectivity index (χ2v) is 6.04. The van der Waals surface area contributed by atoms with Crippen molar-refractivity contribution in [3.63, 3.8) is 0 Å². The molecule has 1 N–H and O–H groups in total. The molecule has 1 heterocycles. The van der Waals surface area contributed by atoms with Crippen molar-refractivity contribution in [2.24, 2.45) is 0 Å². The summed E-state index contributed by atoms with van der Waals surface area (Å²) in [5, 5.41) is 3.26. The lowest BCUT2D eigenvalue weighted by atomic mass is 9.87. The number of anilines is 1. The van der Waals surface area contributed by atoms with E-state index < -0.39 is 0 Å².